The maximum atomic E-state index is 11.7. The number of nitrogens with two attached hydrogens (primary N) is 1. The molecule has 0 bridgehead atoms. The van der Waals surface area contributed by atoms with E-state index < -0.39 is 5.54 Å². The van der Waals surface area contributed by atoms with Gasteiger partial charge in [-0.3, -0.25) is 4.79 Å². The highest BCUT2D eigenvalue weighted by Gasteiger charge is 2.25. The van der Waals surface area contributed by atoms with E-state index in [9.17, 15) is 4.79 Å². The lowest BCUT2D eigenvalue weighted by Crippen LogP contribution is -2.46. The average Bonchev–Trinajstić information content (AvgIpc) is 1.79. The van der Waals surface area contributed by atoms with Crippen molar-refractivity contribution >= 4 is 5.91 Å². The van der Waals surface area contributed by atoms with Gasteiger partial charge in [0.15, 0.2) is 0 Å². The Morgan fingerprint density at radius 3 is 1.85 bits per heavy atom. The minimum absolute atomic E-state index is 0.0972. The predicted molar refractivity (Wildman–Crippen MR) is 55.4 cm³/mol. The van der Waals surface area contributed by atoms with Gasteiger partial charge >= 0.3 is 0 Å². The SMILES string of the molecule is CN(C(=O)CC(C)(C)N)C(C)(C)C. The fraction of sp³-hybridized carbons (Fsp3) is 0.900. The minimum Gasteiger partial charge on any atom is -0.341 e. The van der Waals surface area contributed by atoms with Gasteiger partial charge in [0.2, 0.25) is 5.91 Å². The van der Waals surface area contributed by atoms with Gasteiger partial charge in [-0.2, -0.15) is 0 Å². The molecule has 0 heterocycles. The van der Waals surface area contributed by atoms with Crippen LogP contribution in [-0.4, -0.2) is 28.9 Å². The molecule has 0 spiro atoms. The van der Waals surface area contributed by atoms with Crippen LogP contribution < -0.4 is 5.73 Å². The zero-order valence-electron chi connectivity index (χ0n) is 9.64. The molecular formula is C10H22N2O. The molecule has 1 amide bonds. The summed E-state index contributed by atoms with van der Waals surface area (Å²) in [7, 11) is 1.81. The summed E-state index contributed by atoms with van der Waals surface area (Å²) in [5, 5.41) is 0. The Morgan fingerprint density at radius 1 is 1.23 bits per heavy atom. The van der Waals surface area contributed by atoms with E-state index in [2.05, 4.69) is 0 Å². The molecule has 0 aliphatic heterocycles. The molecule has 3 heteroatoms. The van der Waals surface area contributed by atoms with Gasteiger partial charge in [0.05, 0.1) is 0 Å². The summed E-state index contributed by atoms with van der Waals surface area (Å²) in [5.41, 5.74) is 5.23. The monoisotopic (exact) mass is 186 g/mol. The second-order valence-electron chi connectivity index (χ2n) is 5.29. The first-order valence-corrected chi connectivity index (χ1v) is 4.59. The topological polar surface area (TPSA) is 46.3 Å². The van der Waals surface area contributed by atoms with Gasteiger partial charge in [-0.05, 0) is 34.6 Å². The second kappa shape index (κ2) is 3.66. The number of hydrogen-bond acceptors (Lipinski definition) is 2. The van der Waals surface area contributed by atoms with Crippen LogP contribution in [0.25, 0.3) is 0 Å². The first kappa shape index (κ1) is 12.4. The van der Waals surface area contributed by atoms with Crippen LogP contribution in [0.4, 0.5) is 0 Å². The molecule has 0 unspecified atom stereocenters. The highest BCUT2D eigenvalue weighted by molar-refractivity contribution is 5.77. The van der Waals surface area contributed by atoms with Gasteiger partial charge in [0, 0.05) is 24.5 Å². The van der Waals surface area contributed by atoms with Crippen molar-refractivity contribution < 1.29 is 4.79 Å². The number of nitrogens with zero attached hydrogens (tertiary/aromatic N) is 1. The van der Waals surface area contributed by atoms with E-state index in [4.69, 9.17) is 5.73 Å². The van der Waals surface area contributed by atoms with E-state index in [-0.39, 0.29) is 11.4 Å². The normalized spacial score (nSPS) is 12.8. The van der Waals surface area contributed by atoms with Gasteiger partial charge < -0.3 is 10.6 Å². The summed E-state index contributed by atoms with van der Waals surface area (Å²) in [6, 6.07) is 0. The third-order valence-electron chi connectivity index (χ3n) is 1.99. The molecule has 0 atom stereocenters. The van der Waals surface area contributed by atoms with E-state index in [1.165, 1.54) is 0 Å². The molecule has 0 fully saturated rings. The fourth-order valence-corrected chi connectivity index (χ4v) is 0.882. The molecule has 0 saturated carbocycles. The predicted octanol–water partition coefficient (Wildman–Crippen LogP) is 1.37. The highest BCUT2D eigenvalue weighted by Crippen LogP contribution is 2.14. The average molecular weight is 186 g/mol. The van der Waals surface area contributed by atoms with Crippen molar-refractivity contribution in [1.82, 2.24) is 4.90 Å². The summed E-state index contributed by atoms with van der Waals surface area (Å²) in [6.07, 6.45) is 0.390. The van der Waals surface area contributed by atoms with Crippen LogP contribution in [0.5, 0.6) is 0 Å². The lowest BCUT2D eigenvalue weighted by atomic mass is 9.99. The molecule has 2 N–H and O–H groups in total. The molecule has 0 aromatic carbocycles. The van der Waals surface area contributed by atoms with Crippen LogP contribution in [0.15, 0.2) is 0 Å². The quantitative estimate of drug-likeness (QED) is 0.708. The van der Waals surface area contributed by atoms with Crippen molar-refractivity contribution in [3.63, 3.8) is 0 Å². The largest absolute Gasteiger partial charge is 0.341 e. The summed E-state index contributed by atoms with van der Waals surface area (Å²) in [5.74, 6) is 0.0972. The Morgan fingerprint density at radius 2 is 1.62 bits per heavy atom. The van der Waals surface area contributed by atoms with E-state index in [0.29, 0.717) is 6.42 Å². The number of carbonyl (C=O) groups excluding carboxylic acids is 1. The van der Waals surface area contributed by atoms with Crippen LogP contribution in [0.3, 0.4) is 0 Å². The van der Waals surface area contributed by atoms with Crippen molar-refractivity contribution in [3.8, 4) is 0 Å². The van der Waals surface area contributed by atoms with Crippen molar-refractivity contribution in [3.05, 3.63) is 0 Å². The van der Waals surface area contributed by atoms with Gasteiger partial charge in [-0.25, -0.2) is 0 Å². The second-order valence-corrected chi connectivity index (χ2v) is 5.29. The molecule has 0 saturated heterocycles. The van der Waals surface area contributed by atoms with Crippen molar-refractivity contribution in [1.29, 1.82) is 0 Å². The fourth-order valence-electron chi connectivity index (χ4n) is 0.882. The number of hydrogen-bond donors (Lipinski definition) is 1. The van der Waals surface area contributed by atoms with Crippen molar-refractivity contribution in [2.45, 2.75) is 52.1 Å². The van der Waals surface area contributed by atoms with Gasteiger partial charge in [-0.15, -0.1) is 0 Å². The number of amides is 1. The molecule has 0 aromatic rings. The lowest BCUT2D eigenvalue weighted by molar-refractivity contribution is -0.135. The highest BCUT2D eigenvalue weighted by atomic mass is 16.2. The van der Waals surface area contributed by atoms with E-state index >= 15 is 0 Å². The third-order valence-corrected chi connectivity index (χ3v) is 1.99. The van der Waals surface area contributed by atoms with Crippen LogP contribution >= 0.6 is 0 Å². The summed E-state index contributed by atoms with van der Waals surface area (Å²) < 4.78 is 0. The summed E-state index contributed by atoms with van der Waals surface area (Å²) in [4.78, 5) is 13.4. The molecule has 0 aromatic heterocycles. The molecule has 13 heavy (non-hydrogen) atoms. The van der Waals surface area contributed by atoms with Crippen LogP contribution in [0, 0.1) is 0 Å². The summed E-state index contributed by atoms with van der Waals surface area (Å²) >= 11 is 0. The van der Waals surface area contributed by atoms with Crippen LogP contribution in [0.2, 0.25) is 0 Å². The smallest absolute Gasteiger partial charge is 0.224 e. The molecule has 0 rings (SSSR count). The Hall–Kier alpha value is -0.570. The molecular weight excluding hydrogens is 164 g/mol. The Bertz CT molecular complexity index is 186. The molecule has 3 nitrogen and oxygen atoms in total. The number of rotatable bonds is 2. The van der Waals surface area contributed by atoms with E-state index in [1.54, 1.807) is 4.90 Å². The van der Waals surface area contributed by atoms with E-state index in [0.717, 1.165) is 0 Å². The Balaban J connectivity index is 4.30. The zero-order chi connectivity index (χ0) is 10.9. The maximum Gasteiger partial charge on any atom is 0.224 e. The van der Waals surface area contributed by atoms with Gasteiger partial charge in [0.1, 0.15) is 0 Å². The van der Waals surface area contributed by atoms with Crippen molar-refractivity contribution in [2.24, 2.45) is 5.73 Å². The Kier molecular flexibility index (Phi) is 3.50. The van der Waals surface area contributed by atoms with Crippen LogP contribution in [0.1, 0.15) is 41.0 Å². The standard InChI is InChI=1S/C10H22N2O/c1-9(2,3)12(6)8(13)7-10(4,5)11/h7,11H2,1-6H3. The van der Waals surface area contributed by atoms with Gasteiger partial charge in [-0.1, -0.05) is 0 Å². The maximum absolute atomic E-state index is 11.7. The molecule has 0 aliphatic carbocycles. The van der Waals surface area contributed by atoms with Gasteiger partial charge in [0.25, 0.3) is 0 Å². The zero-order valence-corrected chi connectivity index (χ0v) is 9.64. The van der Waals surface area contributed by atoms with Crippen molar-refractivity contribution in [2.75, 3.05) is 7.05 Å². The molecule has 0 aliphatic rings. The summed E-state index contributed by atoms with van der Waals surface area (Å²) in [6.45, 7) is 9.75. The first-order valence-electron chi connectivity index (χ1n) is 4.59. The van der Waals surface area contributed by atoms with Crippen LogP contribution in [-0.2, 0) is 4.79 Å². The first-order chi connectivity index (χ1) is 5.54. The Labute approximate surface area is 81.3 Å². The minimum atomic E-state index is -0.420. The van der Waals surface area contributed by atoms with E-state index in [1.807, 2.05) is 41.7 Å². The molecule has 0 radical (unpaired) electrons. The number of carbonyl (C=O) groups is 1. The third kappa shape index (κ3) is 4.88. The lowest BCUT2D eigenvalue weighted by Gasteiger charge is -2.34. The molecule has 78 valence electrons.